The molecule has 0 aliphatic heterocycles. The molecular formula is C25H24ClN3O2. The number of rotatable bonds is 7. The summed E-state index contributed by atoms with van der Waals surface area (Å²) >= 11 is 5.93. The first kappa shape index (κ1) is 20.9. The number of halogens is 1. The second-order valence-electron chi connectivity index (χ2n) is 7.45. The van der Waals surface area contributed by atoms with Gasteiger partial charge in [-0.15, -0.1) is 0 Å². The molecule has 0 aliphatic rings. The van der Waals surface area contributed by atoms with Gasteiger partial charge in [0.1, 0.15) is 18.2 Å². The van der Waals surface area contributed by atoms with Crippen molar-refractivity contribution in [1.29, 1.82) is 0 Å². The molecule has 4 rings (SSSR count). The second kappa shape index (κ2) is 9.23. The van der Waals surface area contributed by atoms with Crippen molar-refractivity contribution in [2.75, 3.05) is 6.61 Å². The monoisotopic (exact) mass is 433 g/mol. The van der Waals surface area contributed by atoms with Crippen LogP contribution < -0.4 is 10.1 Å². The van der Waals surface area contributed by atoms with Gasteiger partial charge in [-0.2, -0.15) is 0 Å². The third kappa shape index (κ3) is 4.89. The smallest absolute Gasteiger partial charge is 0.251 e. The quantitative estimate of drug-likeness (QED) is 0.429. The Balaban J connectivity index is 1.48. The van der Waals surface area contributed by atoms with Crippen molar-refractivity contribution in [3.63, 3.8) is 0 Å². The Kier molecular flexibility index (Phi) is 6.23. The van der Waals surface area contributed by atoms with E-state index in [1.54, 1.807) is 12.1 Å². The first-order valence-corrected chi connectivity index (χ1v) is 10.6. The average Bonchev–Trinajstić information content (AvgIpc) is 3.13. The van der Waals surface area contributed by atoms with Crippen LogP contribution in [0.3, 0.4) is 0 Å². The molecule has 0 saturated carbocycles. The molecule has 0 aliphatic carbocycles. The lowest BCUT2D eigenvalue weighted by Crippen LogP contribution is -2.25. The van der Waals surface area contributed by atoms with E-state index in [1.807, 2.05) is 68.4 Å². The molecule has 0 fully saturated rings. The number of hydrogen-bond acceptors (Lipinski definition) is 3. The highest BCUT2D eigenvalue weighted by Crippen LogP contribution is 2.18. The lowest BCUT2D eigenvalue weighted by molar-refractivity contribution is 0.0949. The number of benzene rings is 3. The lowest BCUT2D eigenvalue weighted by atomic mass is 10.1. The van der Waals surface area contributed by atoms with Crippen LogP contribution in [-0.4, -0.2) is 22.1 Å². The lowest BCUT2D eigenvalue weighted by Gasteiger charge is -2.12. The third-order valence-corrected chi connectivity index (χ3v) is 5.56. The molecule has 0 saturated heterocycles. The van der Waals surface area contributed by atoms with Crippen LogP contribution in [0.2, 0.25) is 5.02 Å². The second-order valence-corrected chi connectivity index (χ2v) is 7.89. The maximum atomic E-state index is 12.7. The summed E-state index contributed by atoms with van der Waals surface area (Å²) in [6.45, 7) is 5.46. The van der Waals surface area contributed by atoms with Gasteiger partial charge >= 0.3 is 0 Å². The Morgan fingerprint density at radius 2 is 1.81 bits per heavy atom. The fraction of sp³-hybridized carbons (Fsp3) is 0.200. The van der Waals surface area contributed by atoms with Gasteiger partial charge in [-0.05, 0) is 73.5 Å². The van der Waals surface area contributed by atoms with Crippen LogP contribution in [0.1, 0.15) is 27.3 Å². The molecule has 4 aromatic rings. The summed E-state index contributed by atoms with van der Waals surface area (Å²) in [5, 5.41) is 3.68. The predicted octanol–water partition coefficient (Wildman–Crippen LogP) is 5.32. The van der Waals surface area contributed by atoms with Gasteiger partial charge in [-0.25, -0.2) is 4.98 Å². The number of carbonyl (C=O) groups is 1. The Morgan fingerprint density at radius 3 is 2.58 bits per heavy atom. The molecular weight excluding hydrogens is 410 g/mol. The van der Waals surface area contributed by atoms with Crippen molar-refractivity contribution >= 4 is 28.5 Å². The van der Waals surface area contributed by atoms with E-state index in [4.69, 9.17) is 21.3 Å². The molecule has 1 amide bonds. The number of para-hydroxylation sites is 2. The van der Waals surface area contributed by atoms with Crippen LogP contribution in [0.25, 0.3) is 11.0 Å². The van der Waals surface area contributed by atoms with Crippen molar-refractivity contribution < 1.29 is 9.53 Å². The number of aromatic nitrogens is 2. The van der Waals surface area contributed by atoms with E-state index in [0.29, 0.717) is 30.3 Å². The van der Waals surface area contributed by atoms with Crippen LogP contribution in [0.5, 0.6) is 5.75 Å². The highest BCUT2D eigenvalue weighted by Gasteiger charge is 2.13. The first-order valence-electron chi connectivity index (χ1n) is 10.2. The maximum absolute atomic E-state index is 12.7. The van der Waals surface area contributed by atoms with Crippen LogP contribution in [0, 0.1) is 13.8 Å². The summed E-state index contributed by atoms with van der Waals surface area (Å²) in [5.41, 5.74) is 4.82. The molecule has 0 bridgehead atoms. The maximum Gasteiger partial charge on any atom is 0.251 e. The van der Waals surface area contributed by atoms with Crippen LogP contribution >= 0.6 is 11.6 Å². The average molecular weight is 434 g/mol. The summed E-state index contributed by atoms with van der Waals surface area (Å²) in [4.78, 5) is 17.4. The van der Waals surface area contributed by atoms with Gasteiger partial charge < -0.3 is 14.6 Å². The molecule has 0 atom stereocenters. The largest absolute Gasteiger partial charge is 0.492 e. The summed E-state index contributed by atoms with van der Waals surface area (Å²) in [5.74, 6) is 1.44. The van der Waals surface area contributed by atoms with Gasteiger partial charge in [0, 0.05) is 10.6 Å². The zero-order chi connectivity index (χ0) is 21.8. The van der Waals surface area contributed by atoms with E-state index < -0.39 is 0 Å². The minimum absolute atomic E-state index is 0.112. The van der Waals surface area contributed by atoms with E-state index in [-0.39, 0.29) is 5.91 Å². The topological polar surface area (TPSA) is 56.2 Å². The zero-order valence-electron chi connectivity index (χ0n) is 17.6. The van der Waals surface area contributed by atoms with Gasteiger partial charge in [-0.3, -0.25) is 4.79 Å². The number of amides is 1. The molecule has 5 nitrogen and oxygen atoms in total. The van der Waals surface area contributed by atoms with Crippen LogP contribution in [0.15, 0.2) is 66.7 Å². The highest BCUT2D eigenvalue weighted by molar-refractivity contribution is 6.30. The van der Waals surface area contributed by atoms with Crippen molar-refractivity contribution in [2.45, 2.75) is 26.9 Å². The van der Waals surface area contributed by atoms with Crippen molar-refractivity contribution in [2.24, 2.45) is 0 Å². The minimum Gasteiger partial charge on any atom is -0.492 e. The molecule has 158 valence electrons. The molecule has 1 aromatic heterocycles. The molecule has 0 unspecified atom stereocenters. The van der Waals surface area contributed by atoms with E-state index in [0.717, 1.165) is 28.2 Å². The summed E-state index contributed by atoms with van der Waals surface area (Å²) in [7, 11) is 0. The van der Waals surface area contributed by atoms with E-state index >= 15 is 0 Å². The molecule has 1 N–H and O–H groups in total. The van der Waals surface area contributed by atoms with Crippen molar-refractivity contribution in [1.82, 2.24) is 14.9 Å². The minimum atomic E-state index is -0.112. The van der Waals surface area contributed by atoms with Gasteiger partial charge in [0.15, 0.2) is 0 Å². The van der Waals surface area contributed by atoms with Gasteiger partial charge in [0.2, 0.25) is 0 Å². The Bertz CT molecular complexity index is 1220. The number of carbonyl (C=O) groups excluding carboxylic acids is 1. The van der Waals surface area contributed by atoms with Gasteiger partial charge in [0.05, 0.1) is 24.1 Å². The molecule has 0 spiro atoms. The van der Waals surface area contributed by atoms with Crippen LogP contribution in [-0.2, 0) is 13.1 Å². The first-order chi connectivity index (χ1) is 15.0. The molecule has 0 radical (unpaired) electrons. The number of aryl methyl sites for hydroxylation is 2. The summed E-state index contributed by atoms with van der Waals surface area (Å²) < 4.78 is 7.95. The Hall–Kier alpha value is -3.31. The molecule has 31 heavy (non-hydrogen) atoms. The predicted molar refractivity (Wildman–Crippen MR) is 124 cm³/mol. The highest BCUT2D eigenvalue weighted by atomic mass is 35.5. The van der Waals surface area contributed by atoms with E-state index in [9.17, 15) is 4.79 Å². The number of fused-ring (bicyclic) bond motifs is 1. The number of imidazole rings is 1. The summed E-state index contributed by atoms with van der Waals surface area (Å²) in [6, 6.07) is 21.0. The van der Waals surface area contributed by atoms with Crippen molar-refractivity contribution in [3.8, 4) is 5.75 Å². The summed E-state index contributed by atoms with van der Waals surface area (Å²) in [6.07, 6.45) is 0. The number of ether oxygens (including phenoxy) is 1. The Morgan fingerprint density at radius 1 is 1.03 bits per heavy atom. The normalized spacial score (nSPS) is 10.9. The fourth-order valence-electron chi connectivity index (χ4n) is 3.44. The Labute approximate surface area is 186 Å². The van der Waals surface area contributed by atoms with E-state index in [1.165, 1.54) is 5.56 Å². The zero-order valence-corrected chi connectivity index (χ0v) is 18.3. The molecule has 1 heterocycles. The van der Waals surface area contributed by atoms with E-state index in [2.05, 4.69) is 9.88 Å². The van der Waals surface area contributed by atoms with Gasteiger partial charge in [-0.1, -0.05) is 29.8 Å². The fourth-order valence-corrected chi connectivity index (χ4v) is 3.57. The standard InChI is InChI=1S/C25H24ClN3O2/c1-17-7-8-19(15-18(17)2)25(30)27-16-24-28-22-5-3-4-6-23(22)29(24)13-14-31-21-11-9-20(26)10-12-21/h3-12,15H,13-14,16H2,1-2H3,(H,27,30). The van der Waals surface area contributed by atoms with Crippen molar-refractivity contribution in [3.05, 3.63) is 94.3 Å². The van der Waals surface area contributed by atoms with Gasteiger partial charge in [0.25, 0.3) is 5.91 Å². The molecule has 6 heteroatoms. The third-order valence-electron chi connectivity index (χ3n) is 5.31. The number of hydrogen-bond donors (Lipinski definition) is 1. The van der Waals surface area contributed by atoms with Crippen LogP contribution in [0.4, 0.5) is 0 Å². The number of nitrogens with one attached hydrogen (secondary N) is 1. The number of nitrogens with zero attached hydrogens (tertiary/aromatic N) is 2. The molecule has 3 aromatic carbocycles. The SMILES string of the molecule is Cc1ccc(C(=O)NCc2nc3ccccc3n2CCOc2ccc(Cl)cc2)cc1C.